The first-order chi connectivity index (χ1) is 9.90. The Morgan fingerprint density at radius 3 is 2.75 bits per heavy atom. The predicted octanol–water partition coefficient (Wildman–Crippen LogP) is 0.811. The van der Waals surface area contributed by atoms with Gasteiger partial charge in [0.25, 0.3) is 5.89 Å². The molecule has 0 aromatic carbocycles. The van der Waals surface area contributed by atoms with E-state index >= 15 is 0 Å². The van der Waals surface area contributed by atoms with Crippen molar-refractivity contribution < 1.29 is 4.42 Å². The minimum atomic E-state index is 0.437. The normalized spacial score (nSPS) is 25.7. The molecule has 0 radical (unpaired) electrons. The monoisotopic (exact) mass is 272 g/mol. The van der Waals surface area contributed by atoms with E-state index in [0.29, 0.717) is 23.6 Å². The summed E-state index contributed by atoms with van der Waals surface area (Å²) >= 11 is 0. The zero-order valence-electron chi connectivity index (χ0n) is 11.1. The zero-order chi connectivity index (χ0) is 13.4. The maximum absolute atomic E-state index is 5.80. The second-order valence-corrected chi connectivity index (χ2v) is 5.25. The summed E-state index contributed by atoms with van der Waals surface area (Å²) < 4.78 is 5.80. The van der Waals surface area contributed by atoms with Gasteiger partial charge in [-0.05, 0) is 12.8 Å². The fraction of sp³-hybridized carbons (Fsp3) is 0.538. The molecule has 0 aliphatic carbocycles. The number of nitrogens with zero attached hydrogens (tertiary/aromatic N) is 6. The molecule has 3 aliphatic heterocycles. The largest absolute Gasteiger partial charge is 0.401 e. The van der Waals surface area contributed by atoms with Crippen molar-refractivity contribution in [1.82, 2.24) is 25.1 Å². The first-order valence-electron chi connectivity index (χ1n) is 6.99. The molecule has 7 nitrogen and oxygen atoms in total. The molecule has 0 saturated carbocycles. The SMILES string of the molecule is c1cnc(-c2nnc(N3CCN4CCC3CC4)o2)cn1. The lowest BCUT2D eigenvalue weighted by Gasteiger charge is -2.29. The Morgan fingerprint density at radius 2 is 1.95 bits per heavy atom. The highest BCUT2D eigenvalue weighted by Gasteiger charge is 2.31. The quantitative estimate of drug-likeness (QED) is 0.801. The van der Waals surface area contributed by atoms with Gasteiger partial charge in [0.15, 0.2) is 0 Å². The number of rotatable bonds is 2. The number of fused-ring (bicyclic) bond motifs is 4. The van der Waals surface area contributed by atoms with E-state index in [0.717, 1.165) is 13.1 Å². The number of hydrogen-bond donors (Lipinski definition) is 0. The van der Waals surface area contributed by atoms with Crippen LogP contribution in [-0.4, -0.2) is 57.3 Å². The van der Waals surface area contributed by atoms with Crippen LogP contribution in [0.2, 0.25) is 0 Å². The fourth-order valence-corrected chi connectivity index (χ4v) is 2.98. The highest BCUT2D eigenvalue weighted by atomic mass is 16.4. The molecule has 20 heavy (non-hydrogen) atoms. The van der Waals surface area contributed by atoms with E-state index in [1.165, 1.54) is 25.9 Å². The Morgan fingerprint density at radius 1 is 1.05 bits per heavy atom. The van der Waals surface area contributed by atoms with Gasteiger partial charge in [-0.25, -0.2) is 4.98 Å². The second-order valence-electron chi connectivity index (χ2n) is 5.25. The molecule has 104 valence electrons. The van der Waals surface area contributed by atoms with Crippen LogP contribution in [0.5, 0.6) is 0 Å². The highest BCUT2D eigenvalue weighted by Crippen LogP contribution is 2.27. The molecule has 2 aromatic heterocycles. The van der Waals surface area contributed by atoms with Crippen LogP contribution in [-0.2, 0) is 0 Å². The Balaban J connectivity index is 1.61. The van der Waals surface area contributed by atoms with Crippen molar-refractivity contribution in [3.8, 4) is 11.6 Å². The van der Waals surface area contributed by atoms with Crippen LogP contribution in [0.1, 0.15) is 12.8 Å². The number of piperidine rings is 1. The molecule has 0 amide bonds. The maximum atomic E-state index is 5.80. The minimum absolute atomic E-state index is 0.437. The van der Waals surface area contributed by atoms with Gasteiger partial charge in [-0.3, -0.25) is 4.98 Å². The third-order valence-corrected chi connectivity index (χ3v) is 4.10. The first kappa shape index (κ1) is 11.8. The van der Waals surface area contributed by atoms with E-state index in [-0.39, 0.29) is 0 Å². The molecule has 0 unspecified atom stereocenters. The summed E-state index contributed by atoms with van der Waals surface area (Å²) in [6.07, 6.45) is 7.23. The van der Waals surface area contributed by atoms with Gasteiger partial charge in [0.05, 0.1) is 6.20 Å². The molecule has 2 aromatic rings. The lowest BCUT2D eigenvalue weighted by atomic mass is 10.1. The van der Waals surface area contributed by atoms with Gasteiger partial charge in [-0.15, -0.1) is 5.10 Å². The van der Waals surface area contributed by atoms with Gasteiger partial charge in [0, 0.05) is 44.6 Å². The van der Waals surface area contributed by atoms with E-state index in [4.69, 9.17) is 4.42 Å². The molecular formula is C13H16N6O. The predicted molar refractivity (Wildman–Crippen MR) is 72.1 cm³/mol. The van der Waals surface area contributed by atoms with Gasteiger partial charge < -0.3 is 14.2 Å². The lowest BCUT2D eigenvalue weighted by Crippen LogP contribution is -2.38. The summed E-state index contributed by atoms with van der Waals surface area (Å²) in [5.74, 6) is 0.437. The number of aromatic nitrogens is 4. The molecule has 0 atom stereocenters. The van der Waals surface area contributed by atoms with Crippen molar-refractivity contribution in [2.75, 3.05) is 31.1 Å². The van der Waals surface area contributed by atoms with Crippen LogP contribution in [0.25, 0.3) is 11.6 Å². The van der Waals surface area contributed by atoms with Crippen molar-refractivity contribution in [2.24, 2.45) is 0 Å². The molecule has 2 bridgehead atoms. The van der Waals surface area contributed by atoms with Crippen molar-refractivity contribution in [2.45, 2.75) is 18.9 Å². The summed E-state index contributed by atoms with van der Waals surface area (Å²) in [6.45, 7) is 4.37. The summed E-state index contributed by atoms with van der Waals surface area (Å²) in [4.78, 5) is 13.0. The van der Waals surface area contributed by atoms with Crippen molar-refractivity contribution >= 4 is 6.01 Å². The van der Waals surface area contributed by atoms with Crippen LogP contribution >= 0.6 is 0 Å². The second kappa shape index (κ2) is 4.82. The molecule has 0 spiro atoms. The van der Waals surface area contributed by atoms with E-state index < -0.39 is 0 Å². The summed E-state index contributed by atoms with van der Waals surface area (Å²) in [7, 11) is 0. The summed E-state index contributed by atoms with van der Waals surface area (Å²) in [6, 6.07) is 1.13. The number of anilines is 1. The zero-order valence-corrected chi connectivity index (χ0v) is 11.1. The van der Waals surface area contributed by atoms with Crippen LogP contribution in [0.15, 0.2) is 23.0 Å². The van der Waals surface area contributed by atoms with E-state index in [2.05, 4.69) is 30.0 Å². The summed E-state index contributed by atoms with van der Waals surface area (Å²) in [5, 5.41) is 8.30. The van der Waals surface area contributed by atoms with Crippen molar-refractivity contribution in [3.63, 3.8) is 0 Å². The molecular weight excluding hydrogens is 256 g/mol. The Bertz CT molecular complexity index is 578. The van der Waals surface area contributed by atoms with Gasteiger partial charge in [0.1, 0.15) is 5.69 Å². The van der Waals surface area contributed by atoms with Crippen molar-refractivity contribution in [1.29, 1.82) is 0 Å². The minimum Gasteiger partial charge on any atom is -0.401 e. The van der Waals surface area contributed by atoms with E-state index in [1.54, 1.807) is 18.6 Å². The van der Waals surface area contributed by atoms with Gasteiger partial charge >= 0.3 is 6.01 Å². The van der Waals surface area contributed by atoms with Crippen LogP contribution in [0.3, 0.4) is 0 Å². The van der Waals surface area contributed by atoms with E-state index in [9.17, 15) is 0 Å². The third kappa shape index (κ3) is 2.03. The topological polar surface area (TPSA) is 71.2 Å². The molecule has 7 heteroatoms. The molecule has 0 N–H and O–H groups in total. The molecule has 3 aliphatic rings. The first-order valence-corrected chi connectivity index (χ1v) is 6.99. The average molecular weight is 272 g/mol. The Labute approximate surface area is 116 Å². The van der Waals surface area contributed by atoms with E-state index in [1.807, 2.05) is 0 Å². The summed E-state index contributed by atoms with van der Waals surface area (Å²) in [5.41, 5.74) is 0.620. The molecule has 3 saturated heterocycles. The van der Waals surface area contributed by atoms with Crippen molar-refractivity contribution in [3.05, 3.63) is 18.6 Å². The standard InChI is InChI=1S/C13H16N6O/c1-5-18-6-2-10(1)19(8-7-18)13-17-16-12(20-13)11-9-14-3-4-15-11/h3-4,9-10H,1-2,5-8H2. The Hall–Kier alpha value is -2.02. The van der Waals surface area contributed by atoms with Gasteiger partial charge in [0.2, 0.25) is 0 Å². The average Bonchev–Trinajstić information content (AvgIpc) is 2.81. The van der Waals surface area contributed by atoms with Crippen LogP contribution in [0.4, 0.5) is 6.01 Å². The lowest BCUT2D eigenvalue weighted by molar-refractivity contribution is 0.249. The fourth-order valence-electron chi connectivity index (χ4n) is 2.98. The smallest absolute Gasteiger partial charge is 0.318 e. The highest BCUT2D eigenvalue weighted by molar-refractivity contribution is 5.45. The number of hydrogen-bond acceptors (Lipinski definition) is 7. The molecule has 3 fully saturated rings. The maximum Gasteiger partial charge on any atom is 0.318 e. The third-order valence-electron chi connectivity index (χ3n) is 4.10. The Kier molecular flexibility index (Phi) is 2.84. The molecule has 5 rings (SSSR count). The van der Waals surface area contributed by atoms with Gasteiger partial charge in [-0.2, -0.15) is 0 Å². The van der Waals surface area contributed by atoms with Gasteiger partial charge in [-0.1, -0.05) is 5.10 Å². The van der Waals surface area contributed by atoms with Crippen LogP contribution < -0.4 is 4.90 Å². The van der Waals surface area contributed by atoms with Crippen LogP contribution in [0, 0.1) is 0 Å². The molecule has 5 heterocycles.